The Kier molecular flexibility index (Phi) is 3.31. The topological polar surface area (TPSA) is 111 Å². The van der Waals surface area contributed by atoms with E-state index in [1.165, 1.54) is 11.0 Å². The van der Waals surface area contributed by atoms with Crippen molar-refractivity contribution < 1.29 is 9.47 Å². The highest BCUT2D eigenvalue weighted by Crippen LogP contribution is 2.38. The van der Waals surface area contributed by atoms with Crippen LogP contribution in [0.15, 0.2) is 30.1 Å². The second-order valence-corrected chi connectivity index (χ2v) is 4.59. The standard InChI is InChI=1S/C14H14N6O2/c1-21-8-3-4-11(22-2)9(5-8)12-10(6-15)13(16)20-14(19-12)17-7-18-20/h3-5,7,12H,16H2,1-2H3,(H,17,18,19). The lowest BCUT2D eigenvalue weighted by Gasteiger charge is -2.26. The maximum absolute atomic E-state index is 9.48. The van der Waals surface area contributed by atoms with Gasteiger partial charge in [0.1, 0.15) is 29.7 Å². The second-order valence-electron chi connectivity index (χ2n) is 4.59. The Morgan fingerprint density at radius 3 is 2.86 bits per heavy atom. The zero-order chi connectivity index (χ0) is 15.7. The summed E-state index contributed by atoms with van der Waals surface area (Å²) in [6, 6.07) is 7.00. The first-order valence-electron chi connectivity index (χ1n) is 6.48. The predicted octanol–water partition coefficient (Wildman–Crippen LogP) is 1.11. The lowest BCUT2D eigenvalue weighted by atomic mass is 9.97. The highest BCUT2D eigenvalue weighted by Gasteiger charge is 2.30. The van der Waals surface area contributed by atoms with Crippen LogP contribution in [0.25, 0.3) is 5.82 Å². The number of ether oxygens (including phenoxy) is 2. The van der Waals surface area contributed by atoms with Crippen molar-refractivity contribution in [1.82, 2.24) is 14.8 Å². The van der Waals surface area contributed by atoms with Gasteiger partial charge in [0.05, 0.1) is 25.8 Å². The van der Waals surface area contributed by atoms with Crippen LogP contribution in [0.3, 0.4) is 0 Å². The van der Waals surface area contributed by atoms with Crippen LogP contribution in [0.4, 0.5) is 5.95 Å². The van der Waals surface area contributed by atoms with Gasteiger partial charge >= 0.3 is 0 Å². The van der Waals surface area contributed by atoms with Gasteiger partial charge in [-0.15, -0.1) is 0 Å². The van der Waals surface area contributed by atoms with E-state index in [0.717, 1.165) is 5.56 Å². The summed E-state index contributed by atoms with van der Waals surface area (Å²) >= 11 is 0. The molecule has 0 aliphatic carbocycles. The van der Waals surface area contributed by atoms with Crippen LogP contribution in [0.2, 0.25) is 0 Å². The van der Waals surface area contributed by atoms with Gasteiger partial charge in [0.2, 0.25) is 5.95 Å². The summed E-state index contributed by atoms with van der Waals surface area (Å²) in [7, 11) is 3.14. The zero-order valence-electron chi connectivity index (χ0n) is 12.1. The first kappa shape index (κ1) is 13.8. The number of fused-ring (bicyclic) bond motifs is 1. The molecule has 1 aliphatic rings. The molecule has 0 spiro atoms. The smallest absolute Gasteiger partial charge is 0.228 e. The number of hydrogen-bond acceptors (Lipinski definition) is 7. The fraction of sp³-hybridized carbons (Fsp3) is 0.214. The van der Waals surface area contributed by atoms with E-state index in [1.54, 1.807) is 32.4 Å². The Morgan fingerprint density at radius 2 is 2.18 bits per heavy atom. The molecule has 0 fully saturated rings. The molecular formula is C14H14N6O2. The van der Waals surface area contributed by atoms with Crippen molar-refractivity contribution in [3.8, 4) is 17.6 Å². The molecule has 1 atom stereocenters. The SMILES string of the molecule is COc1ccc(OC)c(C2Nc3ncnn3C(N)=C2C#N)c1. The number of nitrogens with one attached hydrogen (secondary N) is 1. The molecule has 8 nitrogen and oxygen atoms in total. The van der Waals surface area contributed by atoms with Gasteiger partial charge in [0.25, 0.3) is 0 Å². The molecule has 1 aromatic heterocycles. The first-order chi connectivity index (χ1) is 10.7. The molecule has 1 unspecified atom stereocenters. The minimum absolute atomic E-state index is 0.239. The zero-order valence-corrected chi connectivity index (χ0v) is 12.1. The third-order valence-corrected chi connectivity index (χ3v) is 3.48. The van der Waals surface area contributed by atoms with E-state index in [1.807, 2.05) is 0 Å². The lowest BCUT2D eigenvalue weighted by Crippen LogP contribution is -2.27. The summed E-state index contributed by atoms with van der Waals surface area (Å²) in [5.74, 6) is 1.97. The molecule has 1 aliphatic heterocycles. The second kappa shape index (κ2) is 5.29. The van der Waals surface area contributed by atoms with Crippen molar-refractivity contribution in [2.24, 2.45) is 5.73 Å². The average molecular weight is 298 g/mol. The summed E-state index contributed by atoms with van der Waals surface area (Å²) < 4.78 is 12.0. The molecule has 2 aromatic rings. The van der Waals surface area contributed by atoms with Crippen molar-refractivity contribution >= 4 is 11.8 Å². The molecule has 8 heteroatoms. The van der Waals surface area contributed by atoms with Gasteiger partial charge < -0.3 is 20.5 Å². The summed E-state index contributed by atoms with van der Waals surface area (Å²) in [4.78, 5) is 4.09. The van der Waals surface area contributed by atoms with E-state index in [9.17, 15) is 5.26 Å². The third-order valence-electron chi connectivity index (χ3n) is 3.48. The summed E-state index contributed by atoms with van der Waals surface area (Å²) in [6.45, 7) is 0. The Labute approximate surface area is 126 Å². The van der Waals surface area contributed by atoms with Gasteiger partial charge in [-0.3, -0.25) is 0 Å². The van der Waals surface area contributed by atoms with Crippen LogP contribution in [0.5, 0.6) is 11.5 Å². The van der Waals surface area contributed by atoms with Crippen LogP contribution in [0.1, 0.15) is 11.6 Å². The van der Waals surface area contributed by atoms with Crippen molar-refractivity contribution in [1.29, 1.82) is 5.26 Å². The van der Waals surface area contributed by atoms with Gasteiger partial charge in [-0.2, -0.15) is 20.0 Å². The molecule has 3 N–H and O–H groups in total. The highest BCUT2D eigenvalue weighted by atomic mass is 16.5. The average Bonchev–Trinajstić information content (AvgIpc) is 3.03. The van der Waals surface area contributed by atoms with Crippen molar-refractivity contribution in [3.63, 3.8) is 0 Å². The Morgan fingerprint density at radius 1 is 1.36 bits per heavy atom. The monoisotopic (exact) mass is 298 g/mol. The number of anilines is 1. The number of nitriles is 1. The maximum atomic E-state index is 9.48. The number of benzene rings is 1. The molecule has 0 bridgehead atoms. The van der Waals surface area contributed by atoms with Gasteiger partial charge in [-0.1, -0.05) is 0 Å². The van der Waals surface area contributed by atoms with Gasteiger partial charge in [-0.05, 0) is 18.2 Å². The normalized spacial score (nSPS) is 16.5. The number of methoxy groups -OCH3 is 2. The molecular weight excluding hydrogens is 284 g/mol. The van der Waals surface area contributed by atoms with Gasteiger partial charge in [0, 0.05) is 5.56 Å². The van der Waals surface area contributed by atoms with E-state index < -0.39 is 6.04 Å². The quantitative estimate of drug-likeness (QED) is 0.873. The summed E-state index contributed by atoms with van der Waals surface area (Å²) in [5.41, 5.74) is 7.11. The van der Waals surface area contributed by atoms with E-state index >= 15 is 0 Å². The largest absolute Gasteiger partial charge is 0.497 e. The molecule has 112 valence electrons. The molecule has 22 heavy (non-hydrogen) atoms. The summed E-state index contributed by atoms with van der Waals surface area (Å²) in [6.07, 6.45) is 1.37. The Balaban J connectivity index is 2.16. The van der Waals surface area contributed by atoms with Crippen LogP contribution in [-0.4, -0.2) is 29.0 Å². The summed E-state index contributed by atoms with van der Waals surface area (Å²) in [5, 5.41) is 16.6. The molecule has 0 radical (unpaired) electrons. The van der Waals surface area contributed by atoms with E-state index in [4.69, 9.17) is 15.2 Å². The Bertz CT molecular complexity index is 789. The lowest BCUT2D eigenvalue weighted by molar-refractivity contribution is 0.397. The van der Waals surface area contributed by atoms with Gasteiger partial charge in [-0.25, -0.2) is 0 Å². The van der Waals surface area contributed by atoms with Crippen LogP contribution in [0, 0.1) is 11.3 Å². The number of nitrogens with two attached hydrogens (primary N) is 1. The number of hydrogen-bond donors (Lipinski definition) is 2. The maximum Gasteiger partial charge on any atom is 0.228 e. The molecule has 2 heterocycles. The minimum atomic E-state index is -0.494. The number of aromatic nitrogens is 3. The fourth-order valence-electron chi connectivity index (χ4n) is 2.40. The van der Waals surface area contributed by atoms with E-state index in [0.29, 0.717) is 23.0 Å². The van der Waals surface area contributed by atoms with Crippen LogP contribution in [-0.2, 0) is 0 Å². The molecule has 0 saturated heterocycles. The molecule has 0 saturated carbocycles. The van der Waals surface area contributed by atoms with Crippen LogP contribution >= 0.6 is 0 Å². The van der Waals surface area contributed by atoms with Crippen molar-refractivity contribution in [2.45, 2.75) is 6.04 Å². The van der Waals surface area contributed by atoms with Crippen molar-refractivity contribution in [3.05, 3.63) is 35.7 Å². The third kappa shape index (κ3) is 2.00. The van der Waals surface area contributed by atoms with E-state index in [-0.39, 0.29) is 5.82 Å². The predicted molar refractivity (Wildman–Crippen MR) is 78.9 cm³/mol. The number of nitrogens with zero attached hydrogens (tertiary/aromatic N) is 4. The van der Waals surface area contributed by atoms with Crippen molar-refractivity contribution in [2.75, 3.05) is 19.5 Å². The minimum Gasteiger partial charge on any atom is -0.497 e. The number of rotatable bonds is 3. The van der Waals surface area contributed by atoms with Crippen LogP contribution < -0.4 is 20.5 Å². The first-order valence-corrected chi connectivity index (χ1v) is 6.48. The highest BCUT2D eigenvalue weighted by molar-refractivity contribution is 5.66. The fourth-order valence-corrected chi connectivity index (χ4v) is 2.40. The van der Waals surface area contributed by atoms with E-state index in [2.05, 4.69) is 21.5 Å². The van der Waals surface area contributed by atoms with Gasteiger partial charge in [0.15, 0.2) is 0 Å². The molecule has 1 aromatic carbocycles. The molecule has 3 rings (SSSR count). The molecule has 0 amide bonds. The Hall–Kier alpha value is -3.21.